The molecule has 10 heteroatoms. The Kier molecular flexibility index (Phi) is 6.89. The number of carbonyl (C=O) groups is 3. The van der Waals surface area contributed by atoms with E-state index in [-0.39, 0.29) is 39.8 Å². The molecule has 2 atom stereocenters. The maximum absolute atomic E-state index is 12.3. The highest BCUT2D eigenvalue weighted by atomic mass is 35.5. The molecule has 1 aliphatic rings. The molecule has 0 aliphatic carbocycles. The largest absolute Gasteiger partial charge is 0.469 e. The van der Waals surface area contributed by atoms with Crippen LogP contribution in [0, 0.1) is 0 Å². The van der Waals surface area contributed by atoms with Crippen LogP contribution in [0.1, 0.15) is 6.42 Å². The second-order valence-corrected chi connectivity index (χ2v) is 6.72. The van der Waals surface area contributed by atoms with Crippen molar-refractivity contribution in [1.82, 2.24) is 5.32 Å². The van der Waals surface area contributed by atoms with E-state index in [1.165, 1.54) is 19.2 Å². The lowest BCUT2D eigenvalue weighted by atomic mass is 10.1. The van der Waals surface area contributed by atoms with Crippen molar-refractivity contribution in [3.63, 3.8) is 0 Å². The summed E-state index contributed by atoms with van der Waals surface area (Å²) >= 11 is 17.8. The first-order valence-corrected chi connectivity index (χ1v) is 8.58. The summed E-state index contributed by atoms with van der Waals surface area (Å²) in [6.45, 7) is 0.925. The van der Waals surface area contributed by atoms with Crippen LogP contribution in [0.15, 0.2) is 12.1 Å². The number of nitrogens with one attached hydrogen (secondary N) is 3. The van der Waals surface area contributed by atoms with Gasteiger partial charge in [0.05, 0.1) is 41.0 Å². The molecule has 0 spiro atoms. The van der Waals surface area contributed by atoms with E-state index in [0.717, 1.165) is 0 Å². The molecule has 1 aliphatic heterocycles. The van der Waals surface area contributed by atoms with Gasteiger partial charge in [0.25, 0.3) is 11.8 Å². The predicted molar refractivity (Wildman–Crippen MR) is 94.2 cm³/mol. The summed E-state index contributed by atoms with van der Waals surface area (Å²) in [6, 6.07) is 2.20. The SMILES string of the molecule is COC(=O)C[C@@H]1C(=O)NCC[NH+]1CC(=O)Nc1cc(Cl)c(Cl)cc1Cl. The molecule has 1 aromatic carbocycles. The number of carbonyl (C=O) groups excluding carboxylic acids is 3. The van der Waals surface area contributed by atoms with Gasteiger partial charge in [-0.25, -0.2) is 0 Å². The number of quaternary nitrogens is 1. The minimum Gasteiger partial charge on any atom is -0.469 e. The van der Waals surface area contributed by atoms with Crippen molar-refractivity contribution >= 4 is 58.3 Å². The van der Waals surface area contributed by atoms with E-state index in [4.69, 9.17) is 34.8 Å². The lowest BCUT2D eigenvalue weighted by Crippen LogP contribution is -3.20. The molecule has 7 nitrogen and oxygen atoms in total. The van der Waals surface area contributed by atoms with Crippen LogP contribution < -0.4 is 15.5 Å². The zero-order chi connectivity index (χ0) is 18.6. The molecule has 2 rings (SSSR count). The molecule has 1 saturated heterocycles. The lowest BCUT2D eigenvalue weighted by molar-refractivity contribution is -0.909. The fraction of sp³-hybridized carbons (Fsp3) is 0.400. The predicted octanol–water partition coefficient (Wildman–Crippen LogP) is 0.532. The summed E-state index contributed by atoms with van der Waals surface area (Å²) in [7, 11) is 1.25. The van der Waals surface area contributed by atoms with E-state index in [1.54, 1.807) is 0 Å². The third-order valence-corrected chi connectivity index (χ3v) is 4.86. The van der Waals surface area contributed by atoms with Crippen LogP contribution >= 0.6 is 34.8 Å². The van der Waals surface area contributed by atoms with Crippen molar-refractivity contribution in [3.8, 4) is 0 Å². The van der Waals surface area contributed by atoms with E-state index in [9.17, 15) is 14.4 Å². The lowest BCUT2D eigenvalue weighted by Gasteiger charge is -2.30. The second kappa shape index (κ2) is 8.71. The summed E-state index contributed by atoms with van der Waals surface area (Å²) in [5, 5.41) is 6.12. The van der Waals surface area contributed by atoms with Crippen LogP contribution in [0.5, 0.6) is 0 Å². The number of esters is 1. The van der Waals surface area contributed by atoms with Gasteiger partial charge >= 0.3 is 5.97 Å². The van der Waals surface area contributed by atoms with Crippen molar-refractivity contribution in [2.24, 2.45) is 0 Å². The van der Waals surface area contributed by atoms with Gasteiger partial charge in [-0.2, -0.15) is 0 Å². The van der Waals surface area contributed by atoms with Gasteiger partial charge in [0.2, 0.25) is 0 Å². The van der Waals surface area contributed by atoms with Crippen molar-refractivity contribution in [1.29, 1.82) is 0 Å². The van der Waals surface area contributed by atoms with Crippen molar-refractivity contribution in [2.45, 2.75) is 12.5 Å². The zero-order valence-corrected chi connectivity index (χ0v) is 15.6. The summed E-state index contributed by atoms with van der Waals surface area (Å²) in [5.41, 5.74) is 0.325. The Balaban J connectivity index is 2.06. The van der Waals surface area contributed by atoms with E-state index in [0.29, 0.717) is 23.7 Å². The summed E-state index contributed by atoms with van der Waals surface area (Å²) < 4.78 is 4.61. The number of methoxy groups -OCH3 is 1. The fourth-order valence-electron chi connectivity index (χ4n) is 2.55. The number of piperazine rings is 1. The van der Waals surface area contributed by atoms with Gasteiger partial charge in [0.15, 0.2) is 12.6 Å². The summed E-state index contributed by atoms with van der Waals surface area (Å²) in [6.07, 6.45) is -0.0987. The van der Waals surface area contributed by atoms with E-state index < -0.39 is 12.0 Å². The Bertz CT molecular complexity index is 699. The number of benzene rings is 1. The Morgan fingerprint density at radius 2 is 1.96 bits per heavy atom. The van der Waals surface area contributed by atoms with Gasteiger partial charge in [0.1, 0.15) is 6.42 Å². The molecular weight excluding hydrogens is 393 g/mol. The molecule has 0 aromatic heterocycles. The normalized spacial score (nSPS) is 19.9. The molecule has 0 radical (unpaired) electrons. The number of anilines is 1. The average molecular weight is 410 g/mol. The minimum absolute atomic E-state index is 0.00828. The molecule has 2 amide bonds. The monoisotopic (exact) mass is 408 g/mol. The van der Waals surface area contributed by atoms with Crippen LogP contribution in [0.25, 0.3) is 0 Å². The first kappa shape index (κ1) is 19.8. The van der Waals surface area contributed by atoms with Crippen molar-refractivity contribution in [2.75, 3.05) is 32.1 Å². The topological polar surface area (TPSA) is 88.9 Å². The molecule has 25 heavy (non-hydrogen) atoms. The molecule has 0 saturated carbocycles. The minimum atomic E-state index is -0.684. The van der Waals surface area contributed by atoms with Crippen molar-refractivity contribution in [3.05, 3.63) is 27.2 Å². The second-order valence-electron chi connectivity index (χ2n) is 5.50. The van der Waals surface area contributed by atoms with Crippen LogP contribution in [0.2, 0.25) is 15.1 Å². The number of halogens is 3. The van der Waals surface area contributed by atoms with E-state index >= 15 is 0 Å². The van der Waals surface area contributed by atoms with E-state index in [2.05, 4.69) is 15.4 Å². The van der Waals surface area contributed by atoms with Gasteiger partial charge in [-0.3, -0.25) is 14.4 Å². The Hall–Kier alpha value is -1.54. The first-order chi connectivity index (χ1) is 11.8. The number of rotatable bonds is 5. The molecule has 1 aromatic rings. The third-order valence-electron chi connectivity index (χ3n) is 3.82. The van der Waals surface area contributed by atoms with Gasteiger partial charge in [0, 0.05) is 0 Å². The molecule has 0 bridgehead atoms. The summed E-state index contributed by atoms with van der Waals surface area (Å²) in [4.78, 5) is 36.5. The number of hydrogen-bond donors (Lipinski definition) is 3. The molecular formula is C15H17Cl3N3O4+. The van der Waals surface area contributed by atoms with E-state index in [1.807, 2.05) is 0 Å². The smallest absolute Gasteiger partial charge is 0.312 e. The molecule has 136 valence electrons. The van der Waals surface area contributed by atoms with Gasteiger partial charge in [-0.05, 0) is 12.1 Å². The third kappa shape index (κ3) is 5.22. The van der Waals surface area contributed by atoms with Crippen LogP contribution in [0.4, 0.5) is 5.69 Å². The van der Waals surface area contributed by atoms with Crippen LogP contribution in [-0.2, 0) is 19.1 Å². The van der Waals surface area contributed by atoms with Crippen molar-refractivity contribution < 1.29 is 24.0 Å². The highest BCUT2D eigenvalue weighted by Gasteiger charge is 2.36. The quantitative estimate of drug-likeness (QED) is 0.489. The first-order valence-electron chi connectivity index (χ1n) is 7.45. The molecule has 1 heterocycles. The maximum atomic E-state index is 12.3. The molecule has 1 fully saturated rings. The fourth-order valence-corrected chi connectivity index (χ4v) is 3.14. The maximum Gasteiger partial charge on any atom is 0.312 e. The highest BCUT2D eigenvalue weighted by Crippen LogP contribution is 2.32. The van der Waals surface area contributed by atoms with Gasteiger partial charge in [-0.1, -0.05) is 34.8 Å². The Labute approximate surface area is 159 Å². The standard InChI is InChI=1S/C15H16Cl3N3O4/c1-25-14(23)6-12-15(24)19-2-3-21(12)7-13(22)20-11-5-9(17)8(16)4-10(11)18/h4-5,12H,2-3,6-7H2,1H3,(H,19,24)(H,20,22)/p+1/t12-/m1/s1. The molecule has 3 N–H and O–H groups in total. The Morgan fingerprint density at radius 3 is 2.64 bits per heavy atom. The zero-order valence-electron chi connectivity index (χ0n) is 13.3. The van der Waals surface area contributed by atoms with Crippen LogP contribution in [-0.4, -0.2) is 50.6 Å². The summed E-state index contributed by atoms with van der Waals surface area (Å²) in [5.74, 6) is -1.15. The highest BCUT2D eigenvalue weighted by molar-refractivity contribution is 6.44. The van der Waals surface area contributed by atoms with Crippen LogP contribution in [0.3, 0.4) is 0 Å². The van der Waals surface area contributed by atoms with Gasteiger partial charge in [-0.15, -0.1) is 0 Å². The molecule has 1 unspecified atom stereocenters. The Morgan fingerprint density at radius 1 is 1.28 bits per heavy atom. The van der Waals surface area contributed by atoms with Gasteiger partial charge < -0.3 is 20.3 Å². The average Bonchev–Trinajstić information content (AvgIpc) is 2.55. The number of amides is 2. The number of hydrogen-bond acceptors (Lipinski definition) is 4. The number of ether oxygens (including phenoxy) is 1.